The van der Waals surface area contributed by atoms with E-state index >= 15 is 0 Å². The molecule has 0 saturated heterocycles. The standard InChI is InChI=1S/C21H17ClN2O4/c1-13-5-3-4-6-16(13)20(25)24-23-12-15-8-10-19(28-15)14-7-9-18(22)17(11-14)21(26)27-2/h3-12H,1-2H3,(H,24,25)/b23-12-. The third-order valence-electron chi connectivity index (χ3n) is 4.03. The van der Waals surface area contributed by atoms with Gasteiger partial charge in [-0.25, -0.2) is 10.2 Å². The number of hydrogen-bond acceptors (Lipinski definition) is 5. The molecule has 1 amide bonds. The second-order valence-electron chi connectivity index (χ2n) is 5.90. The number of carbonyl (C=O) groups excluding carboxylic acids is 2. The van der Waals surface area contributed by atoms with Gasteiger partial charge < -0.3 is 9.15 Å². The number of rotatable bonds is 5. The number of esters is 1. The van der Waals surface area contributed by atoms with Crippen LogP contribution in [0.5, 0.6) is 0 Å². The molecule has 0 radical (unpaired) electrons. The minimum atomic E-state index is -0.529. The Kier molecular flexibility index (Phi) is 5.91. The molecule has 0 saturated carbocycles. The molecule has 142 valence electrons. The van der Waals surface area contributed by atoms with E-state index in [-0.39, 0.29) is 11.5 Å². The lowest BCUT2D eigenvalue weighted by Crippen LogP contribution is -2.18. The van der Waals surface area contributed by atoms with Crippen molar-refractivity contribution in [3.63, 3.8) is 0 Å². The number of amides is 1. The molecule has 0 fully saturated rings. The van der Waals surface area contributed by atoms with Crippen LogP contribution in [0.4, 0.5) is 0 Å². The van der Waals surface area contributed by atoms with Gasteiger partial charge >= 0.3 is 5.97 Å². The van der Waals surface area contributed by atoms with Crippen molar-refractivity contribution in [2.75, 3.05) is 7.11 Å². The van der Waals surface area contributed by atoms with Gasteiger partial charge in [0.25, 0.3) is 5.91 Å². The van der Waals surface area contributed by atoms with Crippen LogP contribution in [0.25, 0.3) is 11.3 Å². The van der Waals surface area contributed by atoms with E-state index in [0.29, 0.717) is 27.7 Å². The van der Waals surface area contributed by atoms with Crippen LogP contribution in [-0.2, 0) is 4.74 Å². The number of methoxy groups -OCH3 is 1. The van der Waals surface area contributed by atoms with Crippen molar-refractivity contribution >= 4 is 29.7 Å². The van der Waals surface area contributed by atoms with Gasteiger partial charge in [0, 0.05) is 11.1 Å². The maximum absolute atomic E-state index is 12.1. The van der Waals surface area contributed by atoms with Crippen molar-refractivity contribution in [2.24, 2.45) is 5.10 Å². The first kappa shape index (κ1) is 19.4. The van der Waals surface area contributed by atoms with Gasteiger partial charge in [-0.05, 0) is 48.9 Å². The Morgan fingerprint density at radius 1 is 1.11 bits per heavy atom. The fourth-order valence-electron chi connectivity index (χ4n) is 2.56. The number of hydrogen-bond donors (Lipinski definition) is 1. The fourth-order valence-corrected chi connectivity index (χ4v) is 2.76. The van der Waals surface area contributed by atoms with Crippen LogP contribution in [0.15, 0.2) is 64.1 Å². The van der Waals surface area contributed by atoms with Crippen molar-refractivity contribution in [1.82, 2.24) is 5.43 Å². The van der Waals surface area contributed by atoms with Gasteiger partial charge in [-0.2, -0.15) is 5.10 Å². The highest BCUT2D eigenvalue weighted by atomic mass is 35.5. The van der Waals surface area contributed by atoms with E-state index < -0.39 is 5.97 Å². The molecule has 3 rings (SSSR count). The average molecular weight is 397 g/mol. The zero-order valence-electron chi connectivity index (χ0n) is 15.2. The molecule has 0 unspecified atom stereocenters. The minimum Gasteiger partial charge on any atom is -0.465 e. The number of furan rings is 1. The van der Waals surface area contributed by atoms with Crippen LogP contribution < -0.4 is 5.43 Å². The first-order valence-corrected chi connectivity index (χ1v) is 8.74. The van der Waals surface area contributed by atoms with Crippen LogP contribution in [0.2, 0.25) is 5.02 Å². The summed E-state index contributed by atoms with van der Waals surface area (Å²) in [6.07, 6.45) is 1.40. The van der Waals surface area contributed by atoms with E-state index in [0.717, 1.165) is 5.56 Å². The van der Waals surface area contributed by atoms with Gasteiger partial charge in [0.05, 0.1) is 23.9 Å². The van der Waals surface area contributed by atoms with E-state index in [1.807, 2.05) is 19.1 Å². The number of hydrazone groups is 1. The predicted octanol–water partition coefficient (Wildman–Crippen LogP) is 4.46. The molecule has 3 aromatic rings. The number of carbonyl (C=O) groups is 2. The molecule has 1 N–H and O–H groups in total. The zero-order chi connectivity index (χ0) is 20.1. The summed E-state index contributed by atoms with van der Waals surface area (Å²) in [6, 6.07) is 15.6. The van der Waals surface area contributed by atoms with Crippen LogP contribution in [0.1, 0.15) is 32.0 Å². The third kappa shape index (κ3) is 4.29. The summed E-state index contributed by atoms with van der Waals surface area (Å²) in [5.74, 6) is 0.129. The Hall–Kier alpha value is -3.38. The first-order chi connectivity index (χ1) is 13.5. The van der Waals surface area contributed by atoms with Crippen molar-refractivity contribution in [3.05, 3.63) is 82.1 Å². The Morgan fingerprint density at radius 3 is 2.64 bits per heavy atom. The van der Waals surface area contributed by atoms with Gasteiger partial charge in [0.2, 0.25) is 0 Å². The summed E-state index contributed by atoms with van der Waals surface area (Å²) in [6.45, 7) is 1.85. The molecule has 1 heterocycles. The number of benzene rings is 2. The van der Waals surface area contributed by atoms with Crippen LogP contribution in [0.3, 0.4) is 0 Å². The lowest BCUT2D eigenvalue weighted by atomic mass is 10.1. The van der Waals surface area contributed by atoms with E-state index in [1.165, 1.54) is 13.3 Å². The van der Waals surface area contributed by atoms with Crippen LogP contribution in [0, 0.1) is 6.92 Å². The first-order valence-electron chi connectivity index (χ1n) is 8.36. The molecule has 0 aliphatic heterocycles. The lowest BCUT2D eigenvalue weighted by Gasteiger charge is -2.04. The van der Waals surface area contributed by atoms with Crippen LogP contribution in [-0.4, -0.2) is 25.2 Å². The lowest BCUT2D eigenvalue weighted by molar-refractivity contribution is 0.0601. The van der Waals surface area contributed by atoms with Crippen molar-refractivity contribution in [2.45, 2.75) is 6.92 Å². The van der Waals surface area contributed by atoms with E-state index in [4.69, 9.17) is 20.8 Å². The smallest absolute Gasteiger partial charge is 0.339 e. The minimum absolute atomic E-state index is 0.249. The summed E-state index contributed by atoms with van der Waals surface area (Å²) < 4.78 is 10.4. The molecule has 0 spiro atoms. The molecule has 2 aromatic carbocycles. The highest BCUT2D eigenvalue weighted by molar-refractivity contribution is 6.33. The topological polar surface area (TPSA) is 80.9 Å². The van der Waals surface area contributed by atoms with Gasteiger partial charge in [-0.1, -0.05) is 29.8 Å². The summed E-state index contributed by atoms with van der Waals surface area (Å²) >= 11 is 6.03. The summed E-state index contributed by atoms with van der Waals surface area (Å²) in [4.78, 5) is 23.9. The molecule has 28 heavy (non-hydrogen) atoms. The zero-order valence-corrected chi connectivity index (χ0v) is 16.0. The highest BCUT2D eigenvalue weighted by Crippen LogP contribution is 2.27. The van der Waals surface area contributed by atoms with Crippen molar-refractivity contribution < 1.29 is 18.7 Å². The fraction of sp³-hybridized carbons (Fsp3) is 0.0952. The Bertz CT molecular complexity index is 1060. The largest absolute Gasteiger partial charge is 0.465 e. The second-order valence-corrected chi connectivity index (χ2v) is 6.31. The Morgan fingerprint density at radius 2 is 1.89 bits per heavy atom. The molecular weight excluding hydrogens is 380 g/mol. The van der Waals surface area contributed by atoms with Gasteiger partial charge in [-0.3, -0.25) is 4.79 Å². The molecular formula is C21H17ClN2O4. The quantitative estimate of drug-likeness (QED) is 0.392. The molecule has 7 heteroatoms. The maximum atomic E-state index is 12.1. The average Bonchev–Trinajstić information content (AvgIpc) is 3.17. The van der Waals surface area contributed by atoms with E-state index in [1.54, 1.807) is 42.5 Å². The molecule has 1 aromatic heterocycles. The van der Waals surface area contributed by atoms with E-state index in [9.17, 15) is 9.59 Å². The molecule has 6 nitrogen and oxygen atoms in total. The van der Waals surface area contributed by atoms with Gasteiger partial charge in [0.1, 0.15) is 11.5 Å². The number of nitrogens with one attached hydrogen (secondary N) is 1. The summed E-state index contributed by atoms with van der Waals surface area (Å²) in [7, 11) is 1.29. The number of ether oxygens (including phenoxy) is 1. The summed E-state index contributed by atoms with van der Waals surface area (Å²) in [5.41, 5.74) is 4.79. The normalized spacial score (nSPS) is 10.8. The summed E-state index contributed by atoms with van der Waals surface area (Å²) in [5, 5.41) is 4.22. The number of aryl methyl sites for hydroxylation is 1. The van der Waals surface area contributed by atoms with Gasteiger partial charge in [-0.15, -0.1) is 0 Å². The number of nitrogens with zero attached hydrogens (tertiary/aromatic N) is 1. The Labute approximate surface area is 166 Å². The maximum Gasteiger partial charge on any atom is 0.339 e. The van der Waals surface area contributed by atoms with Gasteiger partial charge in [0.15, 0.2) is 0 Å². The SMILES string of the molecule is COC(=O)c1cc(-c2ccc(/C=N\NC(=O)c3ccccc3C)o2)ccc1Cl. The molecule has 0 aliphatic rings. The monoisotopic (exact) mass is 396 g/mol. The van der Waals surface area contributed by atoms with E-state index in [2.05, 4.69) is 10.5 Å². The van der Waals surface area contributed by atoms with Crippen molar-refractivity contribution in [3.8, 4) is 11.3 Å². The van der Waals surface area contributed by atoms with Crippen molar-refractivity contribution in [1.29, 1.82) is 0 Å². The second kappa shape index (κ2) is 8.54. The Balaban J connectivity index is 1.72. The molecule has 0 bridgehead atoms. The van der Waals surface area contributed by atoms with Crippen LogP contribution >= 0.6 is 11.6 Å². The highest BCUT2D eigenvalue weighted by Gasteiger charge is 2.13. The number of halogens is 1. The molecule has 0 atom stereocenters. The predicted molar refractivity (Wildman–Crippen MR) is 107 cm³/mol. The molecule has 0 aliphatic carbocycles. The third-order valence-corrected chi connectivity index (χ3v) is 4.36.